The number of hydrogen-bond acceptors (Lipinski definition) is 4. The molecule has 19 heavy (non-hydrogen) atoms. The molecule has 0 bridgehead atoms. The molecule has 6 heteroatoms. The number of pyridine rings is 1. The van der Waals surface area contributed by atoms with E-state index in [4.69, 9.17) is 14.6 Å². The number of amides is 1. The molecule has 6 nitrogen and oxygen atoms in total. The van der Waals surface area contributed by atoms with E-state index >= 15 is 0 Å². The third-order valence-corrected chi connectivity index (χ3v) is 2.89. The van der Waals surface area contributed by atoms with Crippen LogP contribution in [0, 0.1) is 0 Å². The first-order valence-corrected chi connectivity index (χ1v) is 6.44. The molecule has 0 saturated carbocycles. The zero-order chi connectivity index (χ0) is 13.7. The predicted molar refractivity (Wildman–Crippen MR) is 68.6 cm³/mol. The van der Waals surface area contributed by atoms with E-state index in [1.54, 1.807) is 6.07 Å². The first-order chi connectivity index (χ1) is 9.20. The van der Waals surface area contributed by atoms with Crippen LogP contribution in [-0.4, -0.2) is 40.8 Å². The Bertz CT molecular complexity index is 450. The van der Waals surface area contributed by atoms with Crippen LogP contribution in [0.2, 0.25) is 0 Å². The number of rotatable bonds is 4. The van der Waals surface area contributed by atoms with Crippen molar-refractivity contribution in [1.82, 2.24) is 9.88 Å². The highest BCUT2D eigenvalue weighted by molar-refractivity contribution is 5.65. The van der Waals surface area contributed by atoms with Crippen molar-refractivity contribution < 1.29 is 19.4 Å². The number of carboxylic acid groups (broad SMARTS) is 1. The summed E-state index contributed by atoms with van der Waals surface area (Å²) in [5.74, 6) is 0.994. The number of ether oxygens (including phenoxy) is 2. The van der Waals surface area contributed by atoms with Gasteiger partial charge in [0.25, 0.3) is 0 Å². The van der Waals surface area contributed by atoms with E-state index in [0.717, 1.165) is 18.4 Å². The molecule has 0 spiro atoms. The van der Waals surface area contributed by atoms with Crippen LogP contribution in [0.3, 0.4) is 0 Å². The fourth-order valence-electron chi connectivity index (χ4n) is 1.80. The van der Waals surface area contributed by atoms with Crippen molar-refractivity contribution in [3.05, 3.63) is 17.7 Å². The molecule has 1 amide bonds. The first kappa shape index (κ1) is 13.5. The zero-order valence-corrected chi connectivity index (χ0v) is 11.0. The minimum atomic E-state index is -0.945. The molecule has 0 fully saturated rings. The number of fused-ring (bicyclic) bond motifs is 1. The van der Waals surface area contributed by atoms with Crippen LogP contribution in [-0.2, 0) is 6.54 Å². The van der Waals surface area contributed by atoms with Gasteiger partial charge in [-0.05, 0) is 12.5 Å². The van der Waals surface area contributed by atoms with Gasteiger partial charge in [0, 0.05) is 11.6 Å². The topological polar surface area (TPSA) is 71.9 Å². The fourth-order valence-corrected chi connectivity index (χ4v) is 1.80. The van der Waals surface area contributed by atoms with Crippen molar-refractivity contribution in [3.63, 3.8) is 0 Å². The highest BCUT2D eigenvalue weighted by Gasteiger charge is 2.20. The normalized spacial score (nSPS) is 14.3. The largest absolute Gasteiger partial charge is 0.478 e. The number of hydrogen-bond donors (Lipinski definition) is 1. The minimum Gasteiger partial charge on any atom is -0.478 e. The van der Waals surface area contributed by atoms with Crippen LogP contribution in [0.1, 0.15) is 25.3 Å². The second-order valence-electron chi connectivity index (χ2n) is 4.37. The lowest BCUT2D eigenvalue weighted by molar-refractivity contribution is 0.137. The Hall–Kier alpha value is -1.98. The Balaban J connectivity index is 2.08. The number of nitrogens with zero attached hydrogens (tertiary/aromatic N) is 2. The summed E-state index contributed by atoms with van der Waals surface area (Å²) in [6, 6.07) is 3.56. The number of aromatic nitrogens is 1. The van der Waals surface area contributed by atoms with Crippen molar-refractivity contribution in [2.24, 2.45) is 0 Å². The summed E-state index contributed by atoms with van der Waals surface area (Å²) in [5.41, 5.74) is 0.766. The van der Waals surface area contributed by atoms with E-state index in [2.05, 4.69) is 11.9 Å². The van der Waals surface area contributed by atoms with Crippen LogP contribution in [0.25, 0.3) is 0 Å². The van der Waals surface area contributed by atoms with Crippen molar-refractivity contribution in [1.29, 1.82) is 0 Å². The smallest absolute Gasteiger partial charge is 0.407 e. The average molecular weight is 266 g/mol. The zero-order valence-electron chi connectivity index (χ0n) is 11.0. The van der Waals surface area contributed by atoms with Gasteiger partial charge in [0.15, 0.2) is 0 Å². The molecule has 1 N–H and O–H groups in total. The van der Waals surface area contributed by atoms with Crippen molar-refractivity contribution in [3.8, 4) is 11.8 Å². The molecular weight excluding hydrogens is 248 g/mol. The summed E-state index contributed by atoms with van der Waals surface area (Å²) < 4.78 is 11.0. The van der Waals surface area contributed by atoms with Gasteiger partial charge in [-0.2, -0.15) is 4.98 Å². The summed E-state index contributed by atoms with van der Waals surface area (Å²) in [6.07, 6.45) is 1.10. The van der Waals surface area contributed by atoms with Gasteiger partial charge in [-0.25, -0.2) is 4.79 Å². The predicted octanol–water partition coefficient (Wildman–Crippen LogP) is 2.13. The quantitative estimate of drug-likeness (QED) is 0.845. The van der Waals surface area contributed by atoms with Gasteiger partial charge in [-0.3, -0.25) is 0 Å². The van der Waals surface area contributed by atoms with Crippen molar-refractivity contribution >= 4 is 6.09 Å². The van der Waals surface area contributed by atoms with Crippen LogP contribution in [0.15, 0.2) is 12.1 Å². The molecule has 0 aliphatic carbocycles. The highest BCUT2D eigenvalue weighted by Crippen LogP contribution is 2.24. The highest BCUT2D eigenvalue weighted by atomic mass is 16.5. The van der Waals surface area contributed by atoms with E-state index in [1.807, 2.05) is 6.07 Å². The van der Waals surface area contributed by atoms with E-state index in [1.165, 1.54) is 4.90 Å². The van der Waals surface area contributed by atoms with Crippen molar-refractivity contribution in [2.45, 2.75) is 26.3 Å². The molecule has 0 saturated heterocycles. The molecule has 0 unspecified atom stereocenters. The molecule has 1 aromatic rings. The Morgan fingerprint density at radius 2 is 2.42 bits per heavy atom. The first-order valence-electron chi connectivity index (χ1n) is 6.44. The SMILES string of the molecule is CCCCOc1ccc2c(n1)OCCN(C(=O)O)C2. The van der Waals surface area contributed by atoms with E-state index in [9.17, 15) is 4.79 Å². The minimum absolute atomic E-state index is 0.299. The maximum Gasteiger partial charge on any atom is 0.407 e. The summed E-state index contributed by atoms with van der Waals surface area (Å²) in [7, 11) is 0. The Kier molecular flexibility index (Phi) is 4.43. The summed E-state index contributed by atoms with van der Waals surface area (Å²) in [6.45, 7) is 3.68. The van der Waals surface area contributed by atoms with Gasteiger partial charge in [-0.15, -0.1) is 0 Å². The van der Waals surface area contributed by atoms with E-state index in [0.29, 0.717) is 38.1 Å². The summed E-state index contributed by atoms with van der Waals surface area (Å²) in [5, 5.41) is 9.01. The molecule has 104 valence electrons. The number of unbranched alkanes of at least 4 members (excludes halogenated alkanes) is 1. The number of carbonyl (C=O) groups is 1. The molecular formula is C13H18N2O4. The van der Waals surface area contributed by atoms with Gasteiger partial charge in [0.05, 0.1) is 19.7 Å². The van der Waals surface area contributed by atoms with Gasteiger partial charge in [-0.1, -0.05) is 13.3 Å². The van der Waals surface area contributed by atoms with Gasteiger partial charge in [0.1, 0.15) is 6.61 Å². The molecule has 1 aliphatic rings. The second-order valence-corrected chi connectivity index (χ2v) is 4.37. The molecule has 1 aliphatic heterocycles. The van der Waals surface area contributed by atoms with Crippen LogP contribution in [0.5, 0.6) is 11.8 Å². The molecule has 2 heterocycles. The van der Waals surface area contributed by atoms with Crippen molar-refractivity contribution in [2.75, 3.05) is 19.8 Å². The lowest BCUT2D eigenvalue weighted by Gasteiger charge is -2.14. The maximum atomic E-state index is 11.0. The van der Waals surface area contributed by atoms with Gasteiger partial charge in [0.2, 0.25) is 11.8 Å². The van der Waals surface area contributed by atoms with Crippen LogP contribution < -0.4 is 9.47 Å². The monoisotopic (exact) mass is 266 g/mol. The third-order valence-electron chi connectivity index (χ3n) is 2.89. The third kappa shape index (κ3) is 3.49. The van der Waals surface area contributed by atoms with E-state index in [-0.39, 0.29) is 0 Å². The maximum absolute atomic E-state index is 11.0. The molecule has 0 atom stereocenters. The summed E-state index contributed by atoms with van der Waals surface area (Å²) in [4.78, 5) is 16.6. The fraction of sp³-hybridized carbons (Fsp3) is 0.538. The van der Waals surface area contributed by atoms with Crippen LogP contribution in [0.4, 0.5) is 4.79 Å². The molecule has 0 aromatic carbocycles. The molecule has 0 radical (unpaired) electrons. The summed E-state index contributed by atoms with van der Waals surface area (Å²) >= 11 is 0. The van der Waals surface area contributed by atoms with Gasteiger partial charge >= 0.3 is 6.09 Å². The Labute approximate surface area is 112 Å². The van der Waals surface area contributed by atoms with E-state index < -0.39 is 6.09 Å². The lowest BCUT2D eigenvalue weighted by atomic mass is 10.2. The Morgan fingerprint density at radius 1 is 1.58 bits per heavy atom. The van der Waals surface area contributed by atoms with Crippen LogP contribution >= 0.6 is 0 Å². The second kappa shape index (κ2) is 6.26. The molecule has 2 rings (SSSR count). The standard InChI is InChI=1S/C13H18N2O4/c1-2-3-7-18-11-5-4-10-9-15(13(16)17)6-8-19-12(10)14-11/h4-5H,2-3,6-9H2,1H3,(H,16,17). The Morgan fingerprint density at radius 3 is 3.16 bits per heavy atom. The van der Waals surface area contributed by atoms with Gasteiger partial charge < -0.3 is 19.5 Å². The average Bonchev–Trinajstić information content (AvgIpc) is 2.61. The molecule has 1 aromatic heterocycles. The lowest BCUT2D eigenvalue weighted by Crippen LogP contribution is -2.30.